The Bertz CT molecular complexity index is 530. The largest absolute Gasteiger partial charge is 0.481 e. The third-order valence-corrected chi connectivity index (χ3v) is 3.65. The minimum Gasteiger partial charge on any atom is -0.481 e. The van der Waals surface area contributed by atoms with Crippen LogP contribution in [0.5, 0.6) is 0 Å². The molecule has 0 aliphatic carbocycles. The molecular formula is C14H18N2O4. The summed E-state index contributed by atoms with van der Waals surface area (Å²) in [5, 5.41) is 20.0. The molecule has 0 saturated carbocycles. The number of carboxylic acids is 1. The summed E-state index contributed by atoms with van der Waals surface area (Å²) in [6.07, 6.45) is 1.85. The van der Waals surface area contributed by atoms with Gasteiger partial charge < -0.3 is 10.0 Å². The number of nitro groups is 1. The predicted octanol–water partition coefficient (Wildman–Crippen LogP) is 2.59. The van der Waals surface area contributed by atoms with Gasteiger partial charge in [0.25, 0.3) is 5.69 Å². The summed E-state index contributed by atoms with van der Waals surface area (Å²) < 4.78 is 0. The zero-order valence-electron chi connectivity index (χ0n) is 11.4. The summed E-state index contributed by atoms with van der Waals surface area (Å²) in [7, 11) is 0. The summed E-state index contributed by atoms with van der Waals surface area (Å²) >= 11 is 0. The molecule has 1 heterocycles. The van der Waals surface area contributed by atoms with Crippen molar-refractivity contribution in [1.82, 2.24) is 0 Å². The van der Waals surface area contributed by atoms with E-state index in [0.717, 1.165) is 24.9 Å². The summed E-state index contributed by atoms with van der Waals surface area (Å²) in [4.78, 5) is 23.5. The molecule has 0 spiro atoms. The number of anilines is 1. The Morgan fingerprint density at radius 3 is 2.95 bits per heavy atom. The number of hydrogen-bond acceptors (Lipinski definition) is 4. The van der Waals surface area contributed by atoms with E-state index < -0.39 is 5.97 Å². The second-order valence-corrected chi connectivity index (χ2v) is 5.30. The van der Waals surface area contributed by atoms with Crippen LogP contribution in [0.4, 0.5) is 11.4 Å². The average molecular weight is 278 g/mol. The van der Waals surface area contributed by atoms with Crippen molar-refractivity contribution in [1.29, 1.82) is 0 Å². The van der Waals surface area contributed by atoms with E-state index in [9.17, 15) is 14.9 Å². The molecule has 1 fully saturated rings. The van der Waals surface area contributed by atoms with Crippen LogP contribution >= 0.6 is 0 Å². The van der Waals surface area contributed by atoms with Crippen LogP contribution < -0.4 is 4.90 Å². The number of aliphatic carboxylic acids is 1. The van der Waals surface area contributed by atoms with E-state index in [2.05, 4.69) is 0 Å². The molecule has 1 aliphatic rings. The van der Waals surface area contributed by atoms with Crippen LogP contribution in [0.1, 0.15) is 24.8 Å². The number of rotatable bonds is 4. The molecule has 0 radical (unpaired) electrons. The smallest absolute Gasteiger partial charge is 0.303 e. The first-order valence-corrected chi connectivity index (χ1v) is 6.69. The molecule has 0 aromatic heterocycles. The van der Waals surface area contributed by atoms with Crippen molar-refractivity contribution in [2.75, 3.05) is 18.0 Å². The molecule has 1 aromatic carbocycles. The highest BCUT2D eigenvalue weighted by atomic mass is 16.6. The van der Waals surface area contributed by atoms with Crippen molar-refractivity contribution in [3.8, 4) is 0 Å². The first-order chi connectivity index (χ1) is 9.47. The third-order valence-electron chi connectivity index (χ3n) is 3.65. The molecule has 6 heteroatoms. The van der Waals surface area contributed by atoms with Crippen LogP contribution in [0.15, 0.2) is 18.2 Å². The summed E-state index contributed by atoms with van der Waals surface area (Å²) in [6, 6.07) is 5.18. The van der Waals surface area contributed by atoms with Crippen LogP contribution in [-0.2, 0) is 4.79 Å². The molecule has 108 valence electrons. The topological polar surface area (TPSA) is 83.7 Å². The van der Waals surface area contributed by atoms with Gasteiger partial charge in [0.05, 0.1) is 4.92 Å². The molecule has 2 rings (SSSR count). The fraction of sp³-hybridized carbons (Fsp3) is 0.500. The van der Waals surface area contributed by atoms with Crippen molar-refractivity contribution in [3.05, 3.63) is 33.9 Å². The Labute approximate surface area is 117 Å². The van der Waals surface area contributed by atoms with Gasteiger partial charge in [-0.1, -0.05) is 6.07 Å². The highest BCUT2D eigenvalue weighted by Crippen LogP contribution is 2.32. The molecule has 1 N–H and O–H groups in total. The predicted molar refractivity (Wildman–Crippen MR) is 75.0 cm³/mol. The number of aryl methyl sites for hydroxylation is 1. The van der Waals surface area contributed by atoms with Crippen molar-refractivity contribution in [3.63, 3.8) is 0 Å². The Morgan fingerprint density at radius 1 is 1.55 bits per heavy atom. The Kier molecular flexibility index (Phi) is 4.22. The van der Waals surface area contributed by atoms with Gasteiger partial charge in [0.1, 0.15) is 5.69 Å². The van der Waals surface area contributed by atoms with Crippen molar-refractivity contribution in [2.45, 2.75) is 26.2 Å². The molecular weight excluding hydrogens is 260 g/mol. The number of carboxylic acid groups (broad SMARTS) is 1. The maximum atomic E-state index is 11.2. The standard InChI is InChI=1S/C14H18N2O4/c1-10-4-5-12(13(7-10)16(19)20)15-6-2-3-11(9-15)8-14(17)18/h4-5,7,11H,2-3,6,8-9H2,1H3,(H,17,18). The van der Waals surface area contributed by atoms with Gasteiger partial charge in [-0.25, -0.2) is 0 Å². The van der Waals surface area contributed by atoms with Crippen molar-refractivity contribution >= 4 is 17.3 Å². The summed E-state index contributed by atoms with van der Waals surface area (Å²) in [5.74, 6) is -0.752. The van der Waals surface area contributed by atoms with Crippen LogP contribution in [0, 0.1) is 23.0 Å². The maximum absolute atomic E-state index is 11.2. The quantitative estimate of drug-likeness (QED) is 0.676. The minimum absolute atomic E-state index is 0.0576. The van der Waals surface area contributed by atoms with Gasteiger partial charge in [-0.15, -0.1) is 0 Å². The number of carbonyl (C=O) groups is 1. The monoisotopic (exact) mass is 278 g/mol. The van der Waals surface area contributed by atoms with Gasteiger partial charge >= 0.3 is 5.97 Å². The van der Waals surface area contributed by atoms with E-state index in [-0.39, 0.29) is 22.9 Å². The van der Waals surface area contributed by atoms with E-state index in [1.54, 1.807) is 12.1 Å². The zero-order chi connectivity index (χ0) is 14.7. The lowest BCUT2D eigenvalue weighted by Gasteiger charge is -2.33. The second kappa shape index (κ2) is 5.90. The van der Waals surface area contributed by atoms with E-state index in [4.69, 9.17) is 5.11 Å². The normalized spacial score (nSPS) is 18.9. The molecule has 1 unspecified atom stereocenters. The second-order valence-electron chi connectivity index (χ2n) is 5.30. The fourth-order valence-electron chi connectivity index (χ4n) is 2.74. The Balaban J connectivity index is 2.22. The van der Waals surface area contributed by atoms with Gasteiger partial charge in [-0.2, -0.15) is 0 Å². The van der Waals surface area contributed by atoms with Gasteiger partial charge in [0, 0.05) is 25.6 Å². The third kappa shape index (κ3) is 3.26. The van der Waals surface area contributed by atoms with E-state index in [1.807, 2.05) is 17.9 Å². The molecule has 1 atom stereocenters. The first kappa shape index (κ1) is 14.3. The number of hydrogen-bond donors (Lipinski definition) is 1. The summed E-state index contributed by atoms with van der Waals surface area (Å²) in [5.41, 5.74) is 1.54. The minimum atomic E-state index is -0.810. The first-order valence-electron chi connectivity index (χ1n) is 6.69. The molecule has 1 aliphatic heterocycles. The van der Waals surface area contributed by atoms with E-state index in [0.29, 0.717) is 12.2 Å². The molecule has 1 aromatic rings. The molecule has 0 bridgehead atoms. The summed E-state index contributed by atoms with van der Waals surface area (Å²) in [6.45, 7) is 3.12. The Hall–Kier alpha value is -2.11. The number of piperidine rings is 1. The van der Waals surface area contributed by atoms with Gasteiger partial charge in [-0.3, -0.25) is 14.9 Å². The van der Waals surface area contributed by atoms with Crippen LogP contribution in [0.25, 0.3) is 0 Å². The molecule has 1 saturated heterocycles. The average Bonchev–Trinajstić information content (AvgIpc) is 2.38. The van der Waals surface area contributed by atoms with E-state index in [1.165, 1.54) is 0 Å². The van der Waals surface area contributed by atoms with Gasteiger partial charge in [0.15, 0.2) is 0 Å². The van der Waals surface area contributed by atoms with Crippen molar-refractivity contribution < 1.29 is 14.8 Å². The van der Waals surface area contributed by atoms with Crippen LogP contribution in [0.2, 0.25) is 0 Å². The van der Waals surface area contributed by atoms with Crippen LogP contribution in [0.3, 0.4) is 0 Å². The van der Waals surface area contributed by atoms with Gasteiger partial charge in [-0.05, 0) is 37.3 Å². The molecule has 6 nitrogen and oxygen atoms in total. The lowest BCUT2D eigenvalue weighted by atomic mass is 9.94. The Morgan fingerprint density at radius 2 is 2.30 bits per heavy atom. The fourth-order valence-corrected chi connectivity index (χ4v) is 2.74. The molecule has 0 amide bonds. The van der Waals surface area contributed by atoms with Crippen LogP contribution in [-0.4, -0.2) is 29.1 Å². The van der Waals surface area contributed by atoms with E-state index >= 15 is 0 Å². The maximum Gasteiger partial charge on any atom is 0.303 e. The molecule has 20 heavy (non-hydrogen) atoms. The zero-order valence-corrected chi connectivity index (χ0v) is 11.4. The number of benzene rings is 1. The number of nitro benzene ring substituents is 1. The highest BCUT2D eigenvalue weighted by molar-refractivity contribution is 5.68. The van der Waals surface area contributed by atoms with Gasteiger partial charge in [0.2, 0.25) is 0 Å². The SMILES string of the molecule is Cc1ccc(N2CCCC(CC(=O)O)C2)c([N+](=O)[O-])c1. The van der Waals surface area contributed by atoms with Crippen molar-refractivity contribution in [2.24, 2.45) is 5.92 Å². The highest BCUT2D eigenvalue weighted by Gasteiger charge is 2.26. The lowest BCUT2D eigenvalue weighted by molar-refractivity contribution is -0.384. The lowest BCUT2D eigenvalue weighted by Crippen LogP contribution is -2.36. The number of nitrogens with zero attached hydrogens (tertiary/aromatic N) is 2.